The van der Waals surface area contributed by atoms with Crippen LogP contribution in [-0.4, -0.2) is 18.1 Å². The molecule has 18 heavy (non-hydrogen) atoms. The summed E-state index contributed by atoms with van der Waals surface area (Å²) in [6, 6.07) is 11.1. The van der Waals surface area contributed by atoms with Crippen molar-refractivity contribution >= 4 is 28.4 Å². The zero-order valence-electron chi connectivity index (χ0n) is 9.54. The molecular formula is C13H9NO3S. The van der Waals surface area contributed by atoms with Crippen LogP contribution >= 0.6 is 11.3 Å². The van der Waals surface area contributed by atoms with Gasteiger partial charge in [0.2, 0.25) is 5.89 Å². The van der Waals surface area contributed by atoms with Crippen LogP contribution in [0.3, 0.4) is 0 Å². The number of oxazole rings is 1. The predicted molar refractivity (Wildman–Crippen MR) is 68.7 cm³/mol. The first-order chi connectivity index (χ1) is 8.78. The van der Waals surface area contributed by atoms with E-state index in [0.29, 0.717) is 10.8 Å². The summed E-state index contributed by atoms with van der Waals surface area (Å²) in [5.74, 6) is 0.179. The van der Waals surface area contributed by atoms with Crippen LogP contribution in [0.15, 0.2) is 40.8 Å². The van der Waals surface area contributed by atoms with Gasteiger partial charge in [-0.05, 0) is 24.3 Å². The van der Waals surface area contributed by atoms with Crippen molar-refractivity contribution in [1.82, 2.24) is 4.98 Å². The van der Waals surface area contributed by atoms with E-state index in [-0.39, 0.29) is 5.97 Å². The third-order valence-electron chi connectivity index (χ3n) is 2.50. The van der Waals surface area contributed by atoms with Gasteiger partial charge in [-0.25, -0.2) is 9.78 Å². The summed E-state index contributed by atoms with van der Waals surface area (Å²) < 4.78 is 10.3. The average molecular weight is 259 g/mol. The maximum absolute atomic E-state index is 11.4. The summed E-state index contributed by atoms with van der Waals surface area (Å²) in [4.78, 5) is 17.1. The molecule has 0 amide bonds. The smallest absolute Gasteiger partial charge is 0.348 e. The minimum atomic E-state index is -0.345. The van der Waals surface area contributed by atoms with E-state index in [1.54, 1.807) is 6.07 Å². The Kier molecular flexibility index (Phi) is 2.60. The molecule has 0 bridgehead atoms. The zero-order valence-corrected chi connectivity index (χ0v) is 10.4. The van der Waals surface area contributed by atoms with Crippen LogP contribution in [0.4, 0.5) is 0 Å². The Balaban J connectivity index is 2.03. The molecule has 0 aliphatic heterocycles. The number of rotatable bonds is 2. The Labute approximate surface area is 107 Å². The molecule has 0 radical (unpaired) electrons. The first-order valence-electron chi connectivity index (χ1n) is 5.32. The molecular weight excluding hydrogens is 250 g/mol. The van der Waals surface area contributed by atoms with Gasteiger partial charge in [0.15, 0.2) is 5.58 Å². The van der Waals surface area contributed by atoms with Gasteiger partial charge in [-0.1, -0.05) is 12.1 Å². The van der Waals surface area contributed by atoms with Crippen LogP contribution in [0.25, 0.3) is 21.9 Å². The molecule has 90 valence electrons. The van der Waals surface area contributed by atoms with Gasteiger partial charge < -0.3 is 9.15 Å². The summed E-state index contributed by atoms with van der Waals surface area (Å²) in [5, 5.41) is 0. The second kappa shape index (κ2) is 4.27. The van der Waals surface area contributed by atoms with E-state index < -0.39 is 0 Å². The lowest BCUT2D eigenvalue weighted by molar-refractivity contribution is 0.0606. The van der Waals surface area contributed by atoms with E-state index in [2.05, 4.69) is 9.72 Å². The molecule has 3 rings (SSSR count). The van der Waals surface area contributed by atoms with Gasteiger partial charge in [0.05, 0.1) is 12.0 Å². The fourth-order valence-electron chi connectivity index (χ4n) is 1.64. The van der Waals surface area contributed by atoms with Crippen molar-refractivity contribution in [3.8, 4) is 10.8 Å². The topological polar surface area (TPSA) is 52.3 Å². The average Bonchev–Trinajstić information content (AvgIpc) is 3.03. The molecule has 0 N–H and O–H groups in total. The molecule has 0 fully saturated rings. The molecule has 5 heteroatoms. The van der Waals surface area contributed by atoms with Crippen molar-refractivity contribution in [2.24, 2.45) is 0 Å². The highest BCUT2D eigenvalue weighted by Crippen LogP contribution is 2.30. The number of fused-ring (bicyclic) bond motifs is 1. The lowest BCUT2D eigenvalue weighted by atomic mass is 10.3. The minimum Gasteiger partial charge on any atom is -0.465 e. The van der Waals surface area contributed by atoms with Crippen LogP contribution in [0, 0.1) is 0 Å². The monoisotopic (exact) mass is 259 g/mol. The number of para-hydroxylation sites is 2. The van der Waals surface area contributed by atoms with Crippen LogP contribution in [0.1, 0.15) is 9.67 Å². The van der Waals surface area contributed by atoms with Crippen molar-refractivity contribution in [3.05, 3.63) is 41.3 Å². The van der Waals surface area contributed by atoms with Gasteiger partial charge in [0, 0.05) is 0 Å². The lowest BCUT2D eigenvalue weighted by Gasteiger charge is -1.91. The molecule has 3 aromatic rings. The number of esters is 1. The number of methoxy groups -OCH3 is 1. The van der Waals surface area contributed by atoms with Gasteiger partial charge in [0.25, 0.3) is 0 Å². The second-order valence-electron chi connectivity index (χ2n) is 3.64. The van der Waals surface area contributed by atoms with E-state index in [1.807, 2.05) is 30.3 Å². The Bertz CT molecular complexity index is 681. The highest BCUT2D eigenvalue weighted by atomic mass is 32.1. The molecule has 1 aromatic carbocycles. The van der Waals surface area contributed by atoms with E-state index in [1.165, 1.54) is 18.4 Å². The van der Waals surface area contributed by atoms with Gasteiger partial charge in [-0.15, -0.1) is 11.3 Å². The third-order valence-corrected chi connectivity index (χ3v) is 3.55. The van der Waals surface area contributed by atoms with Crippen LogP contribution < -0.4 is 0 Å². The van der Waals surface area contributed by atoms with E-state index in [0.717, 1.165) is 16.0 Å². The van der Waals surface area contributed by atoms with E-state index >= 15 is 0 Å². The molecule has 0 saturated heterocycles. The molecule has 2 aromatic heterocycles. The van der Waals surface area contributed by atoms with Crippen molar-refractivity contribution in [2.75, 3.05) is 7.11 Å². The zero-order chi connectivity index (χ0) is 12.5. The first kappa shape index (κ1) is 11.0. The maximum atomic E-state index is 11.4. The number of hydrogen-bond acceptors (Lipinski definition) is 5. The highest BCUT2D eigenvalue weighted by molar-refractivity contribution is 7.17. The lowest BCUT2D eigenvalue weighted by Crippen LogP contribution is -1.96. The van der Waals surface area contributed by atoms with E-state index in [4.69, 9.17) is 4.42 Å². The van der Waals surface area contributed by atoms with Gasteiger partial charge in [0.1, 0.15) is 10.4 Å². The summed E-state index contributed by atoms with van der Waals surface area (Å²) >= 11 is 1.30. The molecule has 0 unspecified atom stereocenters. The van der Waals surface area contributed by atoms with Crippen molar-refractivity contribution in [1.29, 1.82) is 0 Å². The van der Waals surface area contributed by atoms with Crippen LogP contribution in [0.2, 0.25) is 0 Å². The molecule has 0 aliphatic carbocycles. The fraction of sp³-hybridized carbons (Fsp3) is 0.0769. The largest absolute Gasteiger partial charge is 0.465 e. The Morgan fingerprint density at radius 1 is 1.28 bits per heavy atom. The van der Waals surface area contributed by atoms with Crippen molar-refractivity contribution in [3.63, 3.8) is 0 Å². The Morgan fingerprint density at radius 3 is 2.89 bits per heavy atom. The Hall–Kier alpha value is -2.14. The number of ether oxygens (including phenoxy) is 1. The number of carbonyl (C=O) groups is 1. The summed E-state index contributed by atoms with van der Waals surface area (Å²) in [6.07, 6.45) is 0. The number of hydrogen-bond donors (Lipinski definition) is 0. The Morgan fingerprint density at radius 2 is 2.11 bits per heavy atom. The number of nitrogens with zero attached hydrogens (tertiary/aromatic N) is 1. The second-order valence-corrected chi connectivity index (χ2v) is 4.73. The normalized spacial score (nSPS) is 10.7. The highest BCUT2D eigenvalue weighted by Gasteiger charge is 2.14. The van der Waals surface area contributed by atoms with Gasteiger partial charge in [-0.3, -0.25) is 0 Å². The number of aromatic nitrogens is 1. The van der Waals surface area contributed by atoms with Gasteiger partial charge in [-0.2, -0.15) is 0 Å². The minimum absolute atomic E-state index is 0.345. The molecule has 4 nitrogen and oxygen atoms in total. The molecule has 0 aliphatic rings. The first-order valence-corrected chi connectivity index (χ1v) is 6.13. The van der Waals surface area contributed by atoms with E-state index in [9.17, 15) is 4.79 Å². The van der Waals surface area contributed by atoms with Crippen LogP contribution in [0.5, 0.6) is 0 Å². The number of thiophene rings is 1. The standard InChI is InChI=1S/C13H9NO3S/c1-16-13(15)11-7-6-10(18-11)12-14-8-4-2-3-5-9(8)17-12/h2-7H,1H3. The maximum Gasteiger partial charge on any atom is 0.348 e. The SMILES string of the molecule is COC(=O)c1ccc(-c2nc3ccccc3o2)s1. The summed E-state index contributed by atoms with van der Waals surface area (Å²) in [6.45, 7) is 0. The molecule has 0 atom stereocenters. The predicted octanol–water partition coefficient (Wildman–Crippen LogP) is 3.34. The van der Waals surface area contributed by atoms with Crippen molar-refractivity contribution < 1.29 is 13.9 Å². The third kappa shape index (κ3) is 1.78. The van der Waals surface area contributed by atoms with Crippen molar-refractivity contribution in [2.45, 2.75) is 0 Å². The molecule has 0 spiro atoms. The number of carbonyl (C=O) groups excluding carboxylic acids is 1. The molecule has 2 heterocycles. The number of benzene rings is 1. The quantitative estimate of drug-likeness (QED) is 0.662. The fourth-order valence-corrected chi connectivity index (χ4v) is 2.49. The van der Waals surface area contributed by atoms with Crippen LogP contribution in [-0.2, 0) is 4.74 Å². The molecule has 0 saturated carbocycles. The van der Waals surface area contributed by atoms with Gasteiger partial charge >= 0.3 is 5.97 Å². The summed E-state index contributed by atoms with van der Waals surface area (Å²) in [7, 11) is 1.36. The summed E-state index contributed by atoms with van der Waals surface area (Å²) in [5.41, 5.74) is 1.54.